The van der Waals surface area contributed by atoms with E-state index in [-0.39, 0.29) is 43.9 Å². The predicted octanol–water partition coefficient (Wildman–Crippen LogP) is -1.02. The summed E-state index contributed by atoms with van der Waals surface area (Å²) >= 11 is 0. The molecule has 0 spiro atoms. The number of hydroxylamine groups is 1. The normalized spacial score (nSPS) is 22.2. The summed E-state index contributed by atoms with van der Waals surface area (Å²) in [4.78, 5) is 40.6. The molecule has 2 amide bonds. The summed E-state index contributed by atoms with van der Waals surface area (Å²) in [5.41, 5.74) is 2.88. The molecule has 178 valence electrons. The Kier molecular flexibility index (Phi) is 11.5. The van der Waals surface area contributed by atoms with Crippen LogP contribution in [0.1, 0.15) is 45.4 Å². The highest BCUT2D eigenvalue weighted by atomic mass is 16.7. The van der Waals surface area contributed by atoms with Crippen LogP contribution in [0.15, 0.2) is 0 Å². The minimum atomic E-state index is -1.25. The first-order valence-corrected chi connectivity index (χ1v) is 11.0. The number of hydrogen-bond acceptors (Lipinski definition) is 9. The average Bonchev–Trinajstić information content (AvgIpc) is 3.40. The summed E-state index contributed by atoms with van der Waals surface area (Å²) in [5.74, 6) is -1.55. The van der Waals surface area contributed by atoms with E-state index in [2.05, 4.69) is 32.1 Å². The number of nitrogens with one attached hydrogen (secondary N) is 6. The Morgan fingerprint density at radius 2 is 2.00 bits per heavy atom. The highest BCUT2D eigenvalue weighted by molar-refractivity contribution is 5.82. The van der Waals surface area contributed by atoms with Gasteiger partial charge in [-0.3, -0.25) is 25.6 Å². The van der Waals surface area contributed by atoms with Crippen LogP contribution < -0.4 is 32.1 Å². The third kappa shape index (κ3) is 10.2. The summed E-state index contributed by atoms with van der Waals surface area (Å²) in [5, 5.41) is 24.0. The van der Waals surface area contributed by atoms with Gasteiger partial charge >= 0.3 is 12.1 Å². The van der Waals surface area contributed by atoms with E-state index in [1.165, 1.54) is 0 Å². The van der Waals surface area contributed by atoms with Crippen molar-refractivity contribution in [2.24, 2.45) is 0 Å². The number of ether oxygens (including phenoxy) is 1. The summed E-state index contributed by atoms with van der Waals surface area (Å²) in [6.45, 7) is 4.74. The highest BCUT2D eigenvalue weighted by Gasteiger charge is 2.28. The predicted molar refractivity (Wildman–Crippen MR) is 112 cm³/mol. The average molecular weight is 445 g/mol. The van der Waals surface area contributed by atoms with Gasteiger partial charge in [0, 0.05) is 32.1 Å². The fourth-order valence-electron chi connectivity index (χ4n) is 3.34. The van der Waals surface area contributed by atoms with Gasteiger partial charge in [0.1, 0.15) is 12.3 Å². The molecule has 0 aromatic carbocycles. The lowest BCUT2D eigenvalue weighted by molar-refractivity contribution is -0.139. The smallest absolute Gasteiger partial charge is 0.407 e. The number of alkyl carbamates (subject to hydrolysis) is 1. The standard InChI is InChI=1S/C19H36N6O6/c1-2-3-9-30-19(29)24-15(17(27)28)12-23-16(26)11-13-10-14(31-25-13)5-4-6-20-18-21-7-8-22-18/h13-15,18,20-22,25H,2-12H2,1H3,(H,23,26)(H,24,29)(H,27,28). The number of unbranched alkanes of at least 4 members (excludes halogenated alkanes) is 1. The molecule has 0 saturated carbocycles. The van der Waals surface area contributed by atoms with Gasteiger partial charge in [-0.05, 0) is 32.2 Å². The SMILES string of the molecule is CCCCOC(=O)NC(CNC(=O)CC1CC(CCCNC2NCCN2)ON1)C(=O)O. The van der Waals surface area contributed by atoms with Crippen molar-refractivity contribution in [1.82, 2.24) is 32.1 Å². The van der Waals surface area contributed by atoms with Crippen molar-refractivity contribution < 1.29 is 29.1 Å². The van der Waals surface area contributed by atoms with E-state index in [0.29, 0.717) is 12.8 Å². The van der Waals surface area contributed by atoms with Crippen LogP contribution in [0, 0.1) is 0 Å². The zero-order valence-electron chi connectivity index (χ0n) is 18.1. The molecule has 3 atom stereocenters. The fourth-order valence-corrected chi connectivity index (χ4v) is 3.34. The Bertz CT molecular complexity index is 574. The van der Waals surface area contributed by atoms with Gasteiger partial charge in [0.25, 0.3) is 0 Å². The Hall–Kier alpha value is -1.99. The highest BCUT2D eigenvalue weighted by Crippen LogP contribution is 2.17. The van der Waals surface area contributed by atoms with E-state index in [0.717, 1.165) is 38.9 Å². The molecule has 0 bridgehead atoms. The van der Waals surface area contributed by atoms with Gasteiger partial charge in [-0.2, -0.15) is 5.48 Å². The minimum Gasteiger partial charge on any atom is -0.480 e. The molecule has 3 unspecified atom stereocenters. The van der Waals surface area contributed by atoms with E-state index < -0.39 is 18.1 Å². The largest absolute Gasteiger partial charge is 0.480 e. The number of hydrogen-bond donors (Lipinski definition) is 7. The second-order valence-electron chi connectivity index (χ2n) is 7.76. The van der Waals surface area contributed by atoms with Crippen LogP contribution in [0.5, 0.6) is 0 Å². The first-order chi connectivity index (χ1) is 15.0. The number of amides is 2. The number of rotatable bonds is 14. The second kappa shape index (κ2) is 14.1. The molecule has 0 aromatic heterocycles. The monoisotopic (exact) mass is 444 g/mol. The summed E-state index contributed by atoms with van der Waals surface area (Å²) in [6.07, 6.45) is 3.65. The first kappa shape index (κ1) is 25.3. The number of carboxylic acids is 1. The van der Waals surface area contributed by atoms with E-state index >= 15 is 0 Å². The second-order valence-corrected chi connectivity index (χ2v) is 7.76. The zero-order valence-corrected chi connectivity index (χ0v) is 18.1. The molecule has 7 N–H and O–H groups in total. The summed E-state index contributed by atoms with van der Waals surface area (Å²) in [7, 11) is 0. The third-order valence-electron chi connectivity index (χ3n) is 5.08. The van der Waals surface area contributed by atoms with Crippen molar-refractivity contribution in [3.05, 3.63) is 0 Å². The molecule has 0 aliphatic carbocycles. The number of carbonyl (C=O) groups is 3. The third-order valence-corrected chi connectivity index (χ3v) is 5.08. The van der Waals surface area contributed by atoms with Gasteiger partial charge in [-0.1, -0.05) is 13.3 Å². The maximum Gasteiger partial charge on any atom is 0.407 e. The molecule has 2 saturated heterocycles. The van der Waals surface area contributed by atoms with E-state index in [9.17, 15) is 19.5 Å². The van der Waals surface area contributed by atoms with Crippen molar-refractivity contribution >= 4 is 18.0 Å². The quantitative estimate of drug-likeness (QED) is 0.165. The lowest BCUT2D eigenvalue weighted by atomic mass is 10.0. The van der Waals surface area contributed by atoms with Crippen LogP contribution in [0.4, 0.5) is 4.79 Å². The fraction of sp³-hybridized carbons (Fsp3) is 0.842. The molecule has 2 fully saturated rings. The summed E-state index contributed by atoms with van der Waals surface area (Å²) in [6, 6.07) is -1.39. The van der Waals surface area contributed by atoms with E-state index in [1.807, 2.05) is 6.92 Å². The molecule has 31 heavy (non-hydrogen) atoms. The molecule has 12 heteroatoms. The van der Waals surface area contributed by atoms with Gasteiger partial charge < -0.3 is 20.5 Å². The topological polar surface area (TPSA) is 162 Å². The van der Waals surface area contributed by atoms with Crippen molar-refractivity contribution in [1.29, 1.82) is 0 Å². The first-order valence-electron chi connectivity index (χ1n) is 11.0. The van der Waals surface area contributed by atoms with E-state index in [4.69, 9.17) is 9.57 Å². The maximum atomic E-state index is 12.2. The van der Waals surface area contributed by atoms with Gasteiger partial charge in [-0.25, -0.2) is 9.59 Å². The van der Waals surface area contributed by atoms with Gasteiger partial charge in [0.15, 0.2) is 0 Å². The Labute approximate surface area is 182 Å². The van der Waals surface area contributed by atoms with Gasteiger partial charge in [0.2, 0.25) is 5.91 Å². The van der Waals surface area contributed by atoms with Gasteiger partial charge in [0.05, 0.1) is 12.7 Å². The van der Waals surface area contributed by atoms with Crippen molar-refractivity contribution in [2.75, 3.05) is 32.8 Å². The zero-order chi connectivity index (χ0) is 22.5. The molecular formula is C19H36N6O6. The van der Waals surface area contributed by atoms with Crippen LogP contribution >= 0.6 is 0 Å². The molecular weight excluding hydrogens is 408 g/mol. The molecule has 0 radical (unpaired) electrons. The Morgan fingerprint density at radius 1 is 1.23 bits per heavy atom. The Morgan fingerprint density at radius 3 is 2.71 bits per heavy atom. The molecule has 2 aliphatic rings. The van der Waals surface area contributed by atoms with Crippen LogP contribution in [0.2, 0.25) is 0 Å². The molecule has 0 aromatic rings. The maximum absolute atomic E-state index is 12.2. The molecule has 2 heterocycles. The van der Waals surface area contributed by atoms with Crippen molar-refractivity contribution in [2.45, 2.75) is 69.9 Å². The van der Waals surface area contributed by atoms with Crippen LogP contribution in [-0.4, -0.2) is 80.3 Å². The van der Waals surface area contributed by atoms with Gasteiger partial charge in [-0.15, -0.1) is 0 Å². The number of carboxylic acid groups (broad SMARTS) is 1. The lowest BCUT2D eigenvalue weighted by Crippen LogP contribution is -2.49. The van der Waals surface area contributed by atoms with Crippen molar-refractivity contribution in [3.63, 3.8) is 0 Å². The van der Waals surface area contributed by atoms with Crippen LogP contribution in [-0.2, 0) is 19.2 Å². The summed E-state index contributed by atoms with van der Waals surface area (Å²) < 4.78 is 4.89. The number of aliphatic carboxylic acids is 1. The van der Waals surface area contributed by atoms with E-state index in [1.54, 1.807) is 0 Å². The molecule has 2 aliphatic heterocycles. The number of carbonyl (C=O) groups excluding carboxylic acids is 2. The van der Waals surface area contributed by atoms with Crippen LogP contribution in [0.3, 0.4) is 0 Å². The molecule has 12 nitrogen and oxygen atoms in total. The minimum absolute atomic E-state index is 0.0374. The van der Waals surface area contributed by atoms with Crippen molar-refractivity contribution in [3.8, 4) is 0 Å². The van der Waals surface area contributed by atoms with Crippen LogP contribution in [0.25, 0.3) is 0 Å². The molecule has 2 rings (SSSR count). The Balaban J connectivity index is 1.58. The lowest BCUT2D eigenvalue weighted by Gasteiger charge is -2.16.